The van der Waals surface area contributed by atoms with Gasteiger partial charge in [-0.15, -0.1) is 11.3 Å². The zero-order valence-corrected chi connectivity index (χ0v) is 15.0. The minimum absolute atomic E-state index is 0.182. The molecule has 0 saturated carbocycles. The largest absolute Gasteiger partial charge is 0.448 e. The molecule has 0 unspecified atom stereocenters. The van der Waals surface area contributed by atoms with Gasteiger partial charge in [0.25, 0.3) is 5.91 Å². The van der Waals surface area contributed by atoms with Gasteiger partial charge in [-0.2, -0.15) is 0 Å². The molecule has 25 heavy (non-hydrogen) atoms. The van der Waals surface area contributed by atoms with Gasteiger partial charge in [-0.05, 0) is 36.6 Å². The molecule has 0 bridgehead atoms. The number of esters is 1. The van der Waals surface area contributed by atoms with Crippen molar-refractivity contribution in [2.24, 2.45) is 5.14 Å². The fourth-order valence-electron chi connectivity index (χ4n) is 1.76. The highest BCUT2D eigenvalue weighted by atomic mass is 35.5. The Bertz CT molecular complexity index is 929. The van der Waals surface area contributed by atoms with Gasteiger partial charge in [0, 0.05) is 5.69 Å². The van der Waals surface area contributed by atoms with Gasteiger partial charge in [-0.3, -0.25) is 4.79 Å². The summed E-state index contributed by atoms with van der Waals surface area (Å²) < 4.78 is 40.8. The summed E-state index contributed by atoms with van der Waals surface area (Å²) in [5.74, 6) is -2.35. The van der Waals surface area contributed by atoms with E-state index in [0.29, 0.717) is 0 Å². The molecule has 0 radical (unpaired) electrons. The number of sulfonamides is 1. The number of halogens is 2. The zero-order valence-electron chi connectivity index (χ0n) is 12.7. The van der Waals surface area contributed by atoms with Gasteiger partial charge in [0.15, 0.2) is 6.10 Å². The van der Waals surface area contributed by atoms with E-state index >= 15 is 0 Å². The van der Waals surface area contributed by atoms with Crippen molar-refractivity contribution in [2.75, 3.05) is 5.32 Å². The second kappa shape index (κ2) is 7.48. The van der Waals surface area contributed by atoms with Crippen molar-refractivity contribution in [1.29, 1.82) is 0 Å². The van der Waals surface area contributed by atoms with Crippen LogP contribution in [-0.2, 0) is 19.6 Å². The van der Waals surface area contributed by atoms with Crippen LogP contribution < -0.4 is 10.5 Å². The van der Waals surface area contributed by atoms with Crippen LogP contribution in [0.4, 0.5) is 10.1 Å². The third-order valence-corrected chi connectivity index (χ3v) is 5.23. The lowest BCUT2D eigenvalue weighted by molar-refractivity contribution is -0.123. The summed E-state index contributed by atoms with van der Waals surface area (Å²) in [4.78, 5) is 23.5. The highest BCUT2D eigenvalue weighted by Crippen LogP contribution is 2.23. The average molecular weight is 407 g/mol. The van der Waals surface area contributed by atoms with Crippen LogP contribution in [0, 0.1) is 5.82 Å². The number of carbonyl (C=O) groups is 2. The van der Waals surface area contributed by atoms with E-state index in [0.717, 1.165) is 17.4 Å². The van der Waals surface area contributed by atoms with Crippen LogP contribution in [0.1, 0.15) is 16.6 Å². The van der Waals surface area contributed by atoms with Crippen LogP contribution in [0.15, 0.2) is 34.5 Å². The molecule has 2 aromatic rings. The Balaban J connectivity index is 2.07. The third-order valence-electron chi connectivity index (χ3n) is 2.96. The fourth-order valence-corrected chi connectivity index (χ4v) is 3.78. The number of primary sulfonamides is 1. The van der Waals surface area contributed by atoms with Crippen molar-refractivity contribution < 1.29 is 27.1 Å². The standard InChI is InChI=1S/C14H12ClFN2O5S2/c1-7(13(19)18-8-2-3-10(16)9(15)6-8)23-14(20)12-11(4-5-24-12)25(17,21)22/h2-7H,1H3,(H,18,19)(H2,17,21,22)/t7-/m0/s1. The number of nitrogens with one attached hydrogen (secondary N) is 1. The molecule has 11 heteroatoms. The molecule has 1 aromatic heterocycles. The number of hydrogen-bond acceptors (Lipinski definition) is 6. The maximum absolute atomic E-state index is 13.1. The highest BCUT2D eigenvalue weighted by Gasteiger charge is 2.25. The first-order valence-corrected chi connectivity index (χ1v) is 9.47. The average Bonchev–Trinajstić information content (AvgIpc) is 3.00. The highest BCUT2D eigenvalue weighted by molar-refractivity contribution is 7.89. The summed E-state index contributed by atoms with van der Waals surface area (Å²) in [5.41, 5.74) is 0.209. The molecule has 2 rings (SSSR count). The smallest absolute Gasteiger partial charge is 0.350 e. The van der Waals surface area contributed by atoms with Gasteiger partial charge in [0.2, 0.25) is 10.0 Å². The molecular formula is C14H12ClFN2O5S2. The third kappa shape index (κ3) is 4.75. The Labute approximate surface area is 151 Å². The van der Waals surface area contributed by atoms with Gasteiger partial charge in [-0.1, -0.05) is 11.6 Å². The van der Waals surface area contributed by atoms with E-state index in [-0.39, 0.29) is 20.5 Å². The summed E-state index contributed by atoms with van der Waals surface area (Å²) in [6, 6.07) is 4.72. The molecule has 0 spiro atoms. The van der Waals surface area contributed by atoms with Gasteiger partial charge < -0.3 is 10.1 Å². The minimum Gasteiger partial charge on any atom is -0.448 e. The first-order chi connectivity index (χ1) is 11.6. The van der Waals surface area contributed by atoms with E-state index in [2.05, 4.69) is 5.32 Å². The normalized spacial score (nSPS) is 12.5. The number of carbonyl (C=O) groups excluding carboxylic acids is 2. The maximum Gasteiger partial charge on any atom is 0.350 e. The molecule has 3 N–H and O–H groups in total. The molecule has 0 fully saturated rings. The van der Waals surface area contributed by atoms with E-state index in [1.807, 2.05) is 0 Å². The topological polar surface area (TPSA) is 116 Å². The fraction of sp³-hybridized carbons (Fsp3) is 0.143. The van der Waals surface area contributed by atoms with Gasteiger partial charge >= 0.3 is 5.97 Å². The van der Waals surface area contributed by atoms with E-state index in [1.54, 1.807) is 0 Å². The zero-order chi connectivity index (χ0) is 18.8. The summed E-state index contributed by atoms with van der Waals surface area (Å²) in [7, 11) is -4.09. The Kier molecular flexibility index (Phi) is 5.78. The van der Waals surface area contributed by atoms with E-state index < -0.39 is 33.8 Å². The lowest BCUT2D eigenvalue weighted by Crippen LogP contribution is -2.30. The SMILES string of the molecule is C[C@H](OC(=O)c1sccc1S(N)(=O)=O)C(=O)Nc1ccc(F)c(Cl)c1. The molecule has 0 aliphatic rings. The lowest BCUT2D eigenvalue weighted by Gasteiger charge is -2.13. The van der Waals surface area contributed by atoms with Crippen LogP contribution in [0.2, 0.25) is 5.02 Å². The van der Waals surface area contributed by atoms with Crippen LogP contribution in [0.3, 0.4) is 0 Å². The number of hydrogen-bond donors (Lipinski definition) is 2. The predicted molar refractivity (Wildman–Crippen MR) is 90.6 cm³/mol. The predicted octanol–water partition coefficient (Wildman–Crippen LogP) is 2.37. The summed E-state index contributed by atoms with van der Waals surface area (Å²) in [6.45, 7) is 1.29. The first kappa shape index (κ1) is 19.3. The Morgan fingerprint density at radius 1 is 1.36 bits per heavy atom. The molecule has 0 saturated heterocycles. The second-order valence-electron chi connectivity index (χ2n) is 4.82. The molecular weight excluding hydrogens is 395 g/mol. The molecule has 1 aromatic carbocycles. The van der Waals surface area contributed by atoms with Crippen LogP contribution >= 0.6 is 22.9 Å². The van der Waals surface area contributed by atoms with Crippen molar-refractivity contribution in [3.8, 4) is 0 Å². The number of amides is 1. The number of anilines is 1. The molecule has 1 atom stereocenters. The molecule has 7 nitrogen and oxygen atoms in total. The molecule has 134 valence electrons. The van der Waals surface area contributed by atoms with Gasteiger partial charge in [0.05, 0.1) is 5.02 Å². The quantitative estimate of drug-likeness (QED) is 0.739. The van der Waals surface area contributed by atoms with Crippen LogP contribution in [0.25, 0.3) is 0 Å². The van der Waals surface area contributed by atoms with E-state index in [1.165, 1.54) is 30.5 Å². The summed E-state index contributed by atoms with van der Waals surface area (Å²) >= 11 is 6.43. The Morgan fingerprint density at radius 3 is 2.64 bits per heavy atom. The van der Waals surface area contributed by atoms with Crippen molar-refractivity contribution in [2.45, 2.75) is 17.9 Å². The molecule has 0 aliphatic heterocycles. The number of thiophene rings is 1. The summed E-state index contributed by atoms with van der Waals surface area (Å²) in [5, 5.41) is 8.59. The monoisotopic (exact) mass is 406 g/mol. The molecule has 0 aliphatic carbocycles. The number of benzene rings is 1. The Morgan fingerprint density at radius 2 is 2.04 bits per heavy atom. The van der Waals surface area contributed by atoms with Crippen molar-refractivity contribution in [1.82, 2.24) is 0 Å². The van der Waals surface area contributed by atoms with E-state index in [9.17, 15) is 22.4 Å². The number of rotatable bonds is 5. The molecule has 1 amide bonds. The minimum atomic E-state index is -4.09. The molecule has 1 heterocycles. The van der Waals surface area contributed by atoms with Crippen LogP contribution in [0.5, 0.6) is 0 Å². The maximum atomic E-state index is 13.1. The van der Waals surface area contributed by atoms with Crippen molar-refractivity contribution in [3.63, 3.8) is 0 Å². The second-order valence-corrected chi connectivity index (χ2v) is 7.68. The van der Waals surface area contributed by atoms with Crippen LogP contribution in [-0.4, -0.2) is 26.4 Å². The Hall–Kier alpha value is -2.01. The number of ether oxygens (including phenoxy) is 1. The lowest BCUT2D eigenvalue weighted by atomic mass is 10.3. The van der Waals surface area contributed by atoms with Gasteiger partial charge in [0.1, 0.15) is 15.6 Å². The van der Waals surface area contributed by atoms with Crippen molar-refractivity contribution in [3.05, 3.63) is 45.4 Å². The van der Waals surface area contributed by atoms with Crippen molar-refractivity contribution >= 4 is 50.5 Å². The summed E-state index contributed by atoms with van der Waals surface area (Å²) in [6.07, 6.45) is -1.24. The number of nitrogens with two attached hydrogens (primary N) is 1. The van der Waals surface area contributed by atoms with E-state index in [4.69, 9.17) is 21.5 Å². The first-order valence-electron chi connectivity index (χ1n) is 6.67. The van der Waals surface area contributed by atoms with Gasteiger partial charge in [-0.25, -0.2) is 22.7 Å².